The minimum absolute atomic E-state index is 0.137. The van der Waals surface area contributed by atoms with Gasteiger partial charge in [-0.2, -0.15) is 4.31 Å². The lowest BCUT2D eigenvalue weighted by atomic mass is 9.98. The van der Waals surface area contributed by atoms with Gasteiger partial charge in [-0.05, 0) is 50.3 Å². The van der Waals surface area contributed by atoms with Crippen molar-refractivity contribution < 1.29 is 18.0 Å². The van der Waals surface area contributed by atoms with Gasteiger partial charge in [-0.3, -0.25) is 9.59 Å². The third kappa shape index (κ3) is 4.74. The summed E-state index contributed by atoms with van der Waals surface area (Å²) in [5.74, 6) is -0.868. The Morgan fingerprint density at radius 2 is 1.90 bits per heavy atom. The van der Waals surface area contributed by atoms with Crippen molar-refractivity contribution in [3.05, 3.63) is 47.3 Å². The van der Waals surface area contributed by atoms with E-state index in [1.807, 2.05) is 13.8 Å². The highest BCUT2D eigenvalue weighted by Gasteiger charge is 2.34. The summed E-state index contributed by atoms with van der Waals surface area (Å²) in [5.41, 5.74) is 0.895. The highest BCUT2D eigenvalue weighted by molar-refractivity contribution is 7.91. The third-order valence-corrected chi connectivity index (χ3v) is 8.55. The monoisotopic (exact) mass is 449 g/mol. The van der Waals surface area contributed by atoms with E-state index in [0.717, 1.165) is 0 Å². The maximum Gasteiger partial charge on any atom is 0.255 e. The van der Waals surface area contributed by atoms with Gasteiger partial charge in [0.1, 0.15) is 4.21 Å². The van der Waals surface area contributed by atoms with E-state index in [2.05, 4.69) is 5.32 Å². The Morgan fingerprint density at radius 1 is 1.17 bits per heavy atom. The average molecular weight is 450 g/mol. The quantitative estimate of drug-likeness (QED) is 0.703. The molecule has 1 fully saturated rings. The fraction of sp³-hybridized carbons (Fsp3) is 0.429. The van der Waals surface area contributed by atoms with Crippen LogP contribution in [0.3, 0.4) is 0 Å². The van der Waals surface area contributed by atoms with E-state index >= 15 is 0 Å². The van der Waals surface area contributed by atoms with E-state index in [0.29, 0.717) is 47.9 Å². The van der Waals surface area contributed by atoms with Gasteiger partial charge in [0, 0.05) is 26.2 Å². The fourth-order valence-corrected chi connectivity index (χ4v) is 6.28. The highest BCUT2D eigenvalue weighted by atomic mass is 32.2. The minimum atomic E-state index is -3.59. The molecule has 0 spiro atoms. The zero-order chi connectivity index (χ0) is 21.7. The van der Waals surface area contributed by atoms with E-state index in [1.54, 1.807) is 46.7 Å². The number of carbonyl (C=O) groups excluding carboxylic acids is 2. The molecule has 0 bridgehead atoms. The van der Waals surface area contributed by atoms with E-state index in [-0.39, 0.29) is 18.4 Å². The van der Waals surface area contributed by atoms with Crippen molar-refractivity contribution in [2.24, 2.45) is 5.92 Å². The summed E-state index contributed by atoms with van der Waals surface area (Å²) in [4.78, 5) is 27.4. The molecule has 2 amide bonds. The average Bonchev–Trinajstić information content (AvgIpc) is 3.31. The van der Waals surface area contributed by atoms with E-state index in [1.165, 1.54) is 15.6 Å². The van der Waals surface area contributed by atoms with Crippen LogP contribution >= 0.6 is 11.3 Å². The summed E-state index contributed by atoms with van der Waals surface area (Å²) in [7, 11) is -3.59. The molecular formula is C21H27N3O4S2. The molecule has 2 heterocycles. The van der Waals surface area contributed by atoms with Crippen LogP contribution < -0.4 is 5.32 Å². The molecule has 1 aliphatic rings. The number of carbonyl (C=O) groups is 2. The number of anilines is 1. The summed E-state index contributed by atoms with van der Waals surface area (Å²) in [5, 5.41) is 4.59. The first-order valence-electron chi connectivity index (χ1n) is 10.1. The first-order chi connectivity index (χ1) is 14.4. The van der Waals surface area contributed by atoms with Crippen molar-refractivity contribution in [3.8, 4) is 0 Å². The summed E-state index contributed by atoms with van der Waals surface area (Å²) in [6.07, 6.45) is 1.22. The zero-order valence-electron chi connectivity index (χ0n) is 17.2. The standard InChI is InChI=1S/C21H27N3O4S2/c1-3-23(4-2)21(26)17-10-5-6-11-18(17)22-20(25)16-9-7-13-24(15-16)30(27,28)19-12-8-14-29-19/h5-6,8,10-12,14,16H,3-4,7,9,13,15H2,1-2H3,(H,22,25)/t16-/m1/s1. The fourth-order valence-electron chi connectivity index (χ4n) is 3.61. The first kappa shape index (κ1) is 22.5. The number of hydrogen-bond acceptors (Lipinski definition) is 5. The SMILES string of the molecule is CCN(CC)C(=O)c1ccccc1NC(=O)[C@@H]1CCCN(S(=O)(=O)c2cccs2)C1. The Hall–Kier alpha value is -2.23. The summed E-state index contributed by atoms with van der Waals surface area (Å²) in [6.45, 7) is 5.52. The number of rotatable bonds is 7. The van der Waals surface area contributed by atoms with Crippen LogP contribution in [0.2, 0.25) is 0 Å². The number of piperidine rings is 1. The lowest BCUT2D eigenvalue weighted by molar-refractivity contribution is -0.120. The van der Waals surface area contributed by atoms with Gasteiger partial charge in [0.25, 0.3) is 15.9 Å². The van der Waals surface area contributed by atoms with Crippen molar-refractivity contribution in [3.63, 3.8) is 0 Å². The molecule has 7 nitrogen and oxygen atoms in total. The summed E-state index contributed by atoms with van der Waals surface area (Å²) >= 11 is 1.18. The second kappa shape index (κ2) is 9.72. The van der Waals surface area contributed by atoms with Crippen LogP contribution in [0, 0.1) is 5.92 Å². The first-order valence-corrected chi connectivity index (χ1v) is 12.4. The minimum Gasteiger partial charge on any atom is -0.339 e. The molecule has 1 aromatic carbocycles. The molecule has 1 N–H and O–H groups in total. The van der Waals surface area contributed by atoms with Gasteiger partial charge in [-0.25, -0.2) is 8.42 Å². The molecule has 1 aliphatic heterocycles. The molecule has 162 valence electrons. The Labute approximate surface area is 181 Å². The van der Waals surface area contributed by atoms with Crippen molar-refractivity contribution in [2.75, 3.05) is 31.5 Å². The summed E-state index contributed by atoms with van der Waals surface area (Å²) < 4.78 is 27.3. The van der Waals surface area contributed by atoms with E-state index in [9.17, 15) is 18.0 Å². The molecule has 0 unspecified atom stereocenters. The van der Waals surface area contributed by atoms with E-state index < -0.39 is 15.9 Å². The number of hydrogen-bond donors (Lipinski definition) is 1. The van der Waals surface area contributed by atoms with Gasteiger partial charge in [0.2, 0.25) is 5.91 Å². The Balaban J connectivity index is 1.75. The molecule has 0 radical (unpaired) electrons. The number of thiophene rings is 1. The van der Waals surface area contributed by atoms with Crippen molar-refractivity contribution in [2.45, 2.75) is 30.9 Å². The molecule has 1 aromatic heterocycles. The maximum absolute atomic E-state index is 13.0. The molecule has 9 heteroatoms. The van der Waals surface area contributed by atoms with Crippen LogP contribution in [0.1, 0.15) is 37.0 Å². The van der Waals surface area contributed by atoms with Gasteiger partial charge in [-0.15, -0.1) is 11.3 Å². The molecule has 0 aliphatic carbocycles. The second-order valence-corrected chi connectivity index (χ2v) is 10.3. The lowest BCUT2D eigenvalue weighted by Gasteiger charge is -2.31. The van der Waals surface area contributed by atoms with Gasteiger partial charge >= 0.3 is 0 Å². The number of nitrogens with zero attached hydrogens (tertiary/aromatic N) is 2. The molecular weight excluding hydrogens is 422 g/mol. The summed E-state index contributed by atoms with van der Waals surface area (Å²) in [6, 6.07) is 10.2. The number of para-hydroxylation sites is 1. The maximum atomic E-state index is 13.0. The smallest absolute Gasteiger partial charge is 0.255 e. The second-order valence-electron chi connectivity index (χ2n) is 7.15. The van der Waals surface area contributed by atoms with Gasteiger partial charge in [0.15, 0.2) is 0 Å². The molecule has 2 aromatic rings. The van der Waals surface area contributed by atoms with Crippen LogP contribution in [0.15, 0.2) is 46.0 Å². The Bertz CT molecular complexity index is 985. The van der Waals surface area contributed by atoms with Crippen LogP contribution in [0.5, 0.6) is 0 Å². The third-order valence-electron chi connectivity index (χ3n) is 5.31. The topological polar surface area (TPSA) is 86.8 Å². The number of nitrogens with one attached hydrogen (secondary N) is 1. The number of sulfonamides is 1. The van der Waals surface area contributed by atoms with Gasteiger partial charge in [-0.1, -0.05) is 18.2 Å². The molecule has 1 saturated heterocycles. The lowest BCUT2D eigenvalue weighted by Crippen LogP contribution is -2.43. The largest absolute Gasteiger partial charge is 0.339 e. The molecule has 0 saturated carbocycles. The normalized spacial score (nSPS) is 17.5. The number of benzene rings is 1. The molecule has 1 atom stereocenters. The Morgan fingerprint density at radius 3 is 2.57 bits per heavy atom. The van der Waals surface area contributed by atoms with Gasteiger partial charge < -0.3 is 10.2 Å². The predicted octanol–water partition coefficient (Wildman–Crippen LogP) is 3.27. The zero-order valence-corrected chi connectivity index (χ0v) is 18.8. The molecule has 3 rings (SSSR count). The predicted molar refractivity (Wildman–Crippen MR) is 118 cm³/mol. The van der Waals surface area contributed by atoms with Crippen LogP contribution in [0.4, 0.5) is 5.69 Å². The van der Waals surface area contributed by atoms with Crippen molar-refractivity contribution >= 4 is 38.9 Å². The van der Waals surface area contributed by atoms with Crippen LogP contribution in [-0.2, 0) is 14.8 Å². The van der Waals surface area contributed by atoms with Crippen LogP contribution in [-0.4, -0.2) is 55.6 Å². The highest BCUT2D eigenvalue weighted by Crippen LogP contribution is 2.27. The number of amides is 2. The van der Waals surface area contributed by atoms with Crippen molar-refractivity contribution in [1.82, 2.24) is 9.21 Å². The van der Waals surface area contributed by atoms with Crippen molar-refractivity contribution in [1.29, 1.82) is 0 Å². The molecule has 30 heavy (non-hydrogen) atoms. The van der Waals surface area contributed by atoms with Crippen LogP contribution in [0.25, 0.3) is 0 Å². The van der Waals surface area contributed by atoms with E-state index in [4.69, 9.17) is 0 Å². The Kier molecular flexibility index (Phi) is 7.27. The van der Waals surface area contributed by atoms with Gasteiger partial charge in [0.05, 0.1) is 17.2 Å².